The van der Waals surface area contributed by atoms with E-state index in [0.29, 0.717) is 6.04 Å². The molecule has 27 heavy (non-hydrogen) atoms. The number of rotatable bonds is 2. The highest BCUT2D eigenvalue weighted by Gasteiger charge is 2.29. The van der Waals surface area contributed by atoms with Crippen LogP contribution in [0.1, 0.15) is 36.1 Å². The molecule has 2 aliphatic rings. The lowest BCUT2D eigenvalue weighted by Crippen LogP contribution is -2.50. The van der Waals surface area contributed by atoms with Crippen LogP contribution in [0.25, 0.3) is 0 Å². The summed E-state index contributed by atoms with van der Waals surface area (Å²) in [6.45, 7) is 4.05. The number of amides is 2. The molecule has 0 unspecified atom stereocenters. The number of nitrogens with one attached hydrogen (secondary N) is 1. The standard InChI is InChI=1S/C22H25N3OS/c26-22(25-14-4-8-20(17-25)24-12-1-2-13-24)23-19-7-3-6-18(16-19)10-11-21-9-5-15-27-21/h3,5-7,9,15-16,20H,1-2,4,8,12-14,17H2,(H,23,26)/t20-/m0/s1. The van der Waals surface area contributed by atoms with Gasteiger partial charge in [0.15, 0.2) is 0 Å². The first-order valence-corrected chi connectivity index (χ1v) is 10.6. The maximum Gasteiger partial charge on any atom is 0.321 e. The Morgan fingerprint density at radius 3 is 2.78 bits per heavy atom. The van der Waals surface area contributed by atoms with Gasteiger partial charge in [-0.3, -0.25) is 4.90 Å². The van der Waals surface area contributed by atoms with E-state index < -0.39 is 0 Å². The molecule has 4 rings (SSSR count). The van der Waals surface area contributed by atoms with Gasteiger partial charge in [-0.05, 0) is 68.4 Å². The van der Waals surface area contributed by atoms with E-state index in [1.165, 1.54) is 32.4 Å². The van der Waals surface area contributed by atoms with E-state index in [1.807, 2.05) is 46.7 Å². The quantitative estimate of drug-likeness (QED) is 0.792. The molecule has 3 heterocycles. The Hall–Kier alpha value is -2.29. The van der Waals surface area contributed by atoms with E-state index in [-0.39, 0.29) is 6.03 Å². The van der Waals surface area contributed by atoms with Gasteiger partial charge >= 0.3 is 6.03 Å². The SMILES string of the molecule is O=C(Nc1cccc(C#Cc2cccs2)c1)N1CCC[C@H](N2CCCC2)C1. The molecule has 1 atom stereocenters. The Bertz CT molecular complexity index is 831. The van der Waals surface area contributed by atoms with E-state index in [1.54, 1.807) is 11.3 Å². The number of likely N-dealkylation sites (tertiary alicyclic amines) is 2. The Labute approximate surface area is 165 Å². The molecule has 5 heteroatoms. The molecule has 0 saturated carbocycles. The van der Waals surface area contributed by atoms with Crippen LogP contribution in [0.3, 0.4) is 0 Å². The fourth-order valence-electron chi connectivity index (χ4n) is 3.90. The summed E-state index contributed by atoms with van der Waals surface area (Å²) in [5.74, 6) is 6.33. The van der Waals surface area contributed by atoms with E-state index in [4.69, 9.17) is 0 Å². The number of urea groups is 1. The zero-order chi connectivity index (χ0) is 18.5. The van der Waals surface area contributed by atoms with Crippen LogP contribution in [0, 0.1) is 11.8 Å². The molecule has 2 aliphatic heterocycles. The van der Waals surface area contributed by atoms with Crippen LogP contribution in [0.2, 0.25) is 0 Å². The molecule has 2 aromatic rings. The van der Waals surface area contributed by atoms with Crippen LogP contribution in [-0.4, -0.2) is 48.1 Å². The summed E-state index contributed by atoms with van der Waals surface area (Å²) in [7, 11) is 0. The Kier molecular flexibility index (Phi) is 5.76. The summed E-state index contributed by atoms with van der Waals surface area (Å²) in [4.78, 5) is 18.3. The van der Waals surface area contributed by atoms with Gasteiger partial charge in [0.2, 0.25) is 0 Å². The van der Waals surface area contributed by atoms with Crippen molar-refractivity contribution in [1.82, 2.24) is 9.80 Å². The maximum atomic E-state index is 12.7. The average Bonchev–Trinajstić information content (AvgIpc) is 3.41. The van der Waals surface area contributed by atoms with Crippen LogP contribution >= 0.6 is 11.3 Å². The highest BCUT2D eigenvalue weighted by molar-refractivity contribution is 7.10. The predicted octanol–water partition coefficient (Wildman–Crippen LogP) is 4.24. The molecule has 1 aromatic heterocycles. The average molecular weight is 380 g/mol. The number of carbonyl (C=O) groups is 1. The molecular weight excluding hydrogens is 354 g/mol. The first-order valence-electron chi connectivity index (χ1n) is 9.73. The smallest absolute Gasteiger partial charge is 0.321 e. The minimum Gasteiger partial charge on any atom is -0.323 e. The van der Waals surface area contributed by atoms with E-state index >= 15 is 0 Å². The lowest BCUT2D eigenvalue weighted by molar-refractivity contribution is 0.132. The van der Waals surface area contributed by atoms with Crippen molar-refractivity contribution in [2.24, 2.45) is 0 Å². The summed E-state index contributed by atoms with van der Waals surface area (Å²) in [5, 5.41) is 5.08. The minimum atomic E-state index is 0.00210. The minimum absolute atomic E-state index is 0.00210. The highest BCUT2D eigenvalue weighted by atomic mass is 32.1. The number of hydrogen-bond donors (Lipinski definition) is 1. The molecule has 0 aliphatic carbocycles. The van der Waals surface area contributed by atoms with E-state index in [0.717, 1.165) is 35.6 Å². The zero-order valence-corrected chi connectivity index (χ0v) is 16.3. The molecule has 0 spiro atoms. The van der Waals surface area contributed by atoms with E-state index in [2.05, 4.69) is 22.1 Å². The highest BCUT2D eigenvalue weighted by Crippen LogP contribution is 2.21. The molecule has 2 saturated heterocycles. The van der Waals surface area contributed by atoms with Crippen LogP contribution in [0.15, 0.2) is 41.8 Å². The van der Waals surface area contributed by atoms with Crippen molar-refractivity contribution in [2.45, 2.75) is 31.7 Å². The van der Waals surface area contributed by atoms with E-state index in [9.17, 15) is 4.79 Å². The fourth-order valence-corrected chi connectivity index (χ4v) is 4.48. The van der Waals surface area contributed by atoms with Gasteiger partial charge in [-0.1, -0.05) is 24.0 Å². The van der Waals surface area contributed by atoms with Crippen molar-refractivity contribution in [3.05, 3.63) is 52.2 Å². The van der Waals surface area contributed by atoms with Crippen molar-refractivity contribution in [1.29, 1.82) is 0 Å². The third-order valence-electron chi connectivity index (χ3n) is 5.31. The van der Waals surface area contributed by atoms with Crippen molar-refractivity contribution in [2.75, 3.05) is 31.5 Å². The molecule has 1 aromatic carbocycles. The number of nitrogens with zero attached hydrogens (tertiary/aromatic N) is 2. The maximum absolute atomic E-state index is 12.7. The second-order valence-corrected chi connectivity index (χ2v) is 8.17. The second-order valence-electron chi connectivity index (χ2n) is 7.22. The molecular formula is C22H25N3OS. The zero-order valence-electron chi connectivity index (χ0n) is 15.5. The molecule has 0 bridgehead atoms. The number of hydrogen-bond acceptors (Lipinski definition) is 3. The summed E-state index contributed by atoms with van der Waals surface area (Å²) >= 11 is 1.63. The van der Waals surface area contributed by atoms with Crippen molar-refractivity contribution < 1.29 is 4.79 Å². The normalized spacial score (nSPS) is 20.1. The third kappa shape index (κ3) is 4.71. The van der Waals surface area contributed by atoms with Gasteiger partial charge in [0.05, 0.1) is 4.88 Å². The number of anilines is 1. The predicted molar refractivity (Wildman–Crippen MR) is 111 cm³/mol. The van der Waals surface area contributed by atoms with Gasteiger partial charge in [-0.15, -0.1) is 11.3 Å². The van der Waals surface area contributed by atoms with Crippen LogP contribution in [0.5, 0.6) is 0 Å². The first-order chi connectivity index (χ1) is 13.3. The molecule has 4 nitrogen and oxygen atoms in total. The summed E-state index contributed by atoms with van der Waals surface area (Å²) in [6.07, 6.45) is 4.88. The van der Waals surface area contributed by atoms with Crippen molar-refractivity contribution in [3.63, 3.8) is 0 Å². The third-order valence-corrected chi connectivity index (χ3v) is 6.09. The molecule has 1 N–H and O–H groups in total. The van der Waals surface area contributed by atoms with Gasteiger partial charge in [-0.2, -0.15) is 0 Å². The first kappa shape index (κ1) is 18.1. The van der Waals surface area contributed by atoms with Gasteiger partial charge in [0.1, 0.15) is 0 Å². The topological polar surface area (TPSA) is 35.6 Å². The Morgan fingerprint density at radius 2 is 1.96 bits per heavy atom. The Balaban J connectivity index is 1.38. The molecule has 2 fully saturated rings. The molecule has 2 amide bonds. The van der Waals surface area contributed by atoms with Gasteiger partial charge < -0.3 is 10.2 Å². The number of piperidine rings is 1. The van der Waals surface area contributed by atoms with Gasteiger partial charge in [0, 0.05) is 30.4 Å². The van der Waals surface area contributed by atoms with Crippen molar-refractivity contribution in [3.8, 4) is 11.8 Å². The number of carbonyl (C=O) groups excluding carboxylic acids is 1. The lowest BCUT2D eigenvalue weighted by atomic mass is 10.0. The monoisotopic (exact) mass is 379 g/mol. The molecule has 140 valence electrons. The largest absolute Gasteiger partial charge is 0.323 e. The molecule has 0 radical (unpaired) electrons. The Morgan fingerprint density at radius 1 is 1.07 bits per heavy atom. The lowest BCUT2D eigenvalue weighted by Gasteiger charge is -2.37. The van der Waals surface area contributed by atoms with Crippen LogP contribution in [-0.2, 0) is 0 Å². The summed E-state index contributed by atoms with van der Waals surface area (Å²) in [6, 6.07) is 12.3. The van der Waals surface area contributed by atoms with Gasteiger partial charge in [0.25, 0.3) is 0 Å². The fraction of sp³-hybridized carbons (Fsp3) is 0.409. The van der Waals surface area contributed by atoms with Gasteiger partial charge in [-0.25, -0.2) is 4.79 Å². The van der Waals surface area contributed by atoms with Crippen LogP contribution < -0.4 is 5.32 Å². The summed E-state index contributed by atoms with van der Waals surface area (Å²) in [5.41, 5.74) is 1.72. The van der Waals surface area contributed by atoms with Crippen LogP contribution in [0.4, 0.5) is 10.5 Å². The number of benzene rings is 1. The van der Waals surface area contributed by atoms with Crippen molar-refractivity contribution >= 4 is 23.1 Å². The number of thiophene rings is 1. The second kappa shape index (κ2) is 8.60. The summed E-state index contributed by atoms with van der Waals surface area (Å²) < 4.78 is 0.